The molecule has 0 saturated carbocycles. The molecular formula is C17H24N6O5. The fraction of sp³-hybridized carbons (Fsp3) is 0.471. The lowest BCUT2D eigenvalue weighted by atomic mass is 10.3. The van der Waals surface area contributed by atoms with Gasteiger partial charge in [0.1, 0.15) is 11.5 Å². The Morgan fingerprint density at radius 2 is 2.00 bits per heavy atom. The van der Waals surface area contributed by atoms with Gasteiger partial charge in [-0.3, -0.25) is 23.9 Å². The molecule has 2 aromatic rings. The number of aromatic amines is 1. The van der Waals surface area contributed by atoms with Crippen molar-refractivity contribution in [1.82, 2.24) is 19.3 Å². The molecule has 152 valence electrons. The summed E-state index contributed by atoms with van der Waals surface area (Å²) in [6.45, 7) is 2.68. The van der Waals surface area contributed by atoms with Crippen LogP contribution < -0.4 is 27.4 Å². The second kappa shape index (κ2) is 9.13. The molecule has 0 radical (unpaired) electrons. The number of unbranched alkanes of at least 4 members (excludes halogenated alkanes) is 1. The van der Waals surface area contributed by atoms with Gasteiger partial charge in [-0.15, -0.1) is 0 Å². The highest BCUT2D eigenvalue weighted by molar-refractivity contribution is 6.05. The highest BCUT2D eigenvalue weighted by atomic mass is 16.5. The first-order valence-electron chi connectivity index (χ1n) is 8.79. The van der Waals surface area contributed by atoms with Crippen molar-refractivity contribution in [2.45, 2.75) is 32.9 Å². The molecule has 11 heteroatoms. The Kier molecular flexibility index (Phi) is 6.88. The minimum atomic E-state index is -0.779. The van der Waals surface area contributed by atoms with Crippen LogP contribution in [0.1, 0.15) is 30.3 Å². The van der Waals surface area contributed by atoms with E-state index in [2.05, 4.69) is 10.1 Å². The normalized spacial score (nSPS) is 10.8. The Labute approximate surface area is 160 Å². The highest BCUT2D eigenvalue weighted by Gasteiger charge is 2.23. The Bertz CT molecular complexity index is 1020. The molecule has 0 aliphatic rings. The molecule has 0 atom stereocenters. The second-order valence-corrected chi connectivity index (χ2v) is 6.14. The number of carbonyl (C=O) groups is 1. The number of H-pyrrole nitrogens is 1. The molecule has 0 fully saturated rings. The monoisotopic (exact) mass is 392 g/mol. The number of amides is 1. The lowest BCUT2D eigenvalue weighted by Gasteiger charge is -2.20. The van der Waals surface area contributed by atoms with E-state index in [-0.39, 0.29) is 35.9 Å². The lowest BCUT2D eigenvalue weighted by molar-refractivity contribution is 0.0984. The predicted molar refractivity (Wildman–Crippen MR) is 104 cm³/mol. The van der Waals surface area contributed by atoms with Gasteiger partial charge in [-0.25, -0.2) is 9.48 Å². The Balaban J connectivity index is 2.44. The molecule has 11 nitrogen and oxygen atoms in total. The number of aromatic nitrogens is 4. The van der Waals surface area contributed by atoms with Gasteiger partial charge < -0.3 is 15.4 Å². The van der Waals surface area contributed by atoms with Crippen molar-refractivity contribution in [3.8, 4) is 0 Å². The summed E-state index contributed by atoms with van der Waals surface area (Å²) in [5.41, 5.74) is 4.01. The summed E-state index contributed by atoms with van der Waals surface area (Å²) >= 11 is 0. The molecule has 0 bridgehead atoms. The maximum absolute atomic E-state index is 12.8. The van der Waals surface area contributed by atoms with Crippen LogP contribution in [0.2, 0.25) is 0 Å². The second-order valence-electron chi connectivity index (χ2n) is 6.14. The van der Waals surface area contributed by atoms with Crippen molar-refractivity contribution in [3.05, 3.63) is 49.0 Å². The van der Waals surface area contributed by atoms with Crippen molar-refractivity contribution in [3.63, 3.8) is 0 Å². The van der Waals surface area contributed by atoms with Gasteiger partial charge in [-0.1, -0.05) is 13.3 Å². The van der Waals surface area contributed by atoms with E-state index in [9.17, 15) is 19.2 Å². The number of ether oxygens (including phenoxy) is 1. The summed E-state index contributed by atoms with van der Waals surface area (Å²) in [7, 11) is 2.83. The average molecular weight is 392 g/mol. The maximum Gasteiger partial charge on any atom is 0.330 e. The zero-order valence-corrected chi connectivity index (χ0v) is 16.1. The molecular weight excluding hydrogens is 368 g/mol. The topological polar surface area (TPSA) is 145 Å². The third kappa shape index (κ3) is 4.36. The van der Waals surface area contributed by atoms with Gasteiger partial charge in [-0.05, 0) is 12.5 Å². The van der Waals surface area contributed by atoms with Gasteiger partial charge in [0.25, 0.3) is 17.0 Å². The number of rotatable bonds is 8. The smallest absolute Gasteiger partial charge is 0.330 e. The number of nitrogens with two attached hydrogens (primary N) is 1. The summed E-state index contributed by atoms with van der Waals surface area (Å²) < 4.78 is 7.23. The average Bonchev–Trinajstić information content (AvgIpc) is 2.66. The van der Waals surface area contributed by atoms with E-state index in [1.54, 1.807) is 0 Å². The van der Waals surface area contributed by atoms with E-state index in [4.69, 9.17) is 10.5 Å². The largest absolute Gasteiger partial charge is 0.383 e. The molecule has 0 aromatic carbocycles. The molecule has 0 spiro atoms. The van der Waals surface area contributed by atoms with Crippen LogP contribution in [-0.4, -0.2) is 46.0 Å². The van der Waals surface area contributed by atoms with Gasteiger partial charge in [0.2, 0.25) is 0 Å². The van der Waals surface area contributed by atoms with Gasteiger partial charge >= 0.3 is 5.69 Å². The molecule has 2 rings (SSSR count). The van der Waals surface area contributed by atoms with Crippen LogP contribution >= 0.6 is 0 Å². The van der Waals surface area contributed by atoms with Crippen LogP contribution in [0.15, 0.2) is 26.5 Å². The standard InChI is InChI=1S/C17H24N6O5/c1-4-5-8-22-14(18)13(15(25)19-17(22)27)21(2)16(26)11-6-7-12(24)23(20-11)9-10-28-3/h6-7H,4-5,8-10,18H2,1-3H3,(H,19,25,27). The quantitative estimate of drug-likeness (QED) is 0.610. The Morgan fingerprint density at radius 3 is 2.64 bits per heavy atom. The molecule has 0 aliphatic heterocycles. The van der Waals surface area contributed by atoms with Crippen molar-refractivity contribution in [2.75, 3.05) is 31.4 Å². The van der Waals surface area contributed by atoms with Gasteiger partial charge in [0, 0.05) is 26.8 Å². The molecule has 0 saturated heterocycles. The van der Waals surface area contributed by atoms with E-state index in [1.807, 2.05) is 6.92 Å². The van der Waals surface area contributed by atoms with Gasteiger partial charge in [-0.2, -0.15) is 5.10 Å². The van der Waals surface area contributed by atoms with E-state index >= 15 is 0 Å². The molecule has 3 N–H and O–H groups in total. The third-order valence-corrected chi connectivity index (χ3v) is 4.18. The maximum atomic E-state index is 12.8. The Morgan fingerprint density at radius 1 is 1.29 bits per heavy atom. The molecule has 2 heterocycles. The summed E-state index contributed by atoms with van der Waals surface area (Å²) in [6, 6.07) is 2.47. The lowest BCUT2D eigenvalue weighted by Crippen LogP contribution is -2.40. The minimum Gasteiger partial charge on any atom is -0.383 e. The first kappa shape index (κ1) is 21.1. The van der Waals surface area contributed by atoms with Crippen LogP contribution in [0.25, 0.3) is 0 Å². The third-order valence-electron chi connectivity index (χ3n) is 4.18. The fourth-order valence-electron chi connectivity index (χ4n) is 2.61. The van der Waals surface area contributed by atoms with Crippen LogP contribution in [0.4, 0.5) is 11.5 Å². The molecule has 1 amide bonds. The number of carbonyl (C=O) groups excluding carboxylic acids is 1. The summed E-state index contributed by atoms with van der Waals surface area (Å²) in [5, 5.41) is 4.02. The number of methoxy groups -OCH3 is 1. The van der Waals surface area contributed by atoms with Crippen molar-refractivity contribution < 1.29 is 9.53 Å². The van der Waals surface area contributed by atoms with E-state index in [0.29, 0.717) is 13.0 Å². The molecule has 0 aliphatic carbocycles. The Hall–Kier alpha value is -3.21. The molecule has 0 unspecified atom stereocenters. The number of nitrogen functional groups attached to an aromatic ring is 1. The number of hydrogen-bond donors (Lipinski definition) is 2. The van der Waals surface area contributed by atoms with Crippen LogP contribution in [0, 0.1) is 0 Å². The highest BCUT2D eigenvalue weighted by Crippen LogP contribution is 2.17. The fourth-order valence-corrected chi connectivity index (χ4v) is 2.61. The minimum absolute atomic E-state index is 0.0525. The van der Waals surface area contributed by atoms with Crippen LogP contribution in [0.5, 0.6) is 0 Å². The van der Waals surface area contributed by atoms with Crippen molar-refractivity contribution in [1.29, 1.82) is 0 Å². The molecule has 28 heavy (non-hydrogen) atoms. The number of nitrogens with zero attached hydrogens (tertiary/aromatic N) is 4. The summed E-state index contributed by atoms with van der Waals surface area (Å²) in [4.78, 5) is 52.2. The zero-order valence-electron chi connectivity index (χ0n) is 16.1. The van der Waals surface area contributed by atoms with Gasteiger partial charge in [0.05, 0.1) is 13.2 Å². The van der Waals surface area contributed by atoms with Crippen molar-refractivity contribution in [2.24, 2.45) is 0 Å². The number of hydrogen-bond acceptors (Lipinski definition) is 7. The zero-order chi connectivity index (χ0) is 20.8. The predicted octanol–water partition coefficient (Wildman–Crippen LogP) is -0.601. The van der Waals surface area contributed by atoms with Crippen molar-refractivity contribution >= 4 is 17.4 Å². The van der Waals surface area contributed by atoms with Gasteiger partial charge in [0.15, 0.2) is 5.69 Å². The first-order chi connectivity index (χ1) is 13.3. The number of nitrogens with one attached hydrogen (secondary N) is 1. The SMILES string of the molecule is CCCCn1c(N)c(N(C)C(=O)c2ccc(=O)n(CCOC)n2)c(=O)[nH]c1=O. The summed E-state index contributed by atoms with van der Waals surface area (Å²) in [6.07, 6.45) is 1.50. The summed E-state index contributed by atoms with van der Waals surface area (Å²) in [5.74, 6) is -0.755. The first-order valence-corrected chi connectivity index (χ1v) is 8.79. The van der Waals surface area contributed by atoms with E-state index in [1.165, 1.54) is 30.9 Å². The van der Waals surface area contributed by atoms with Crippen LogP contribution in [-0.2, 0) is 17.8 Å². The van der Waals surface area contributed by atoms with E-state index in [0.717, 1.165) is 16.0 Å². The van der Waals surface area contributed by atoms with E-state index < -0.39 is 17.2 Å². The van der Waals surface area contributed by atoms with Crippen LogP contribution in [0.3, 0.4) is 0 Å². The number of anilines is 2. The molecule has 2 aromatic heterocycles.